The number of rotatable bonds is 0. The first kappa shape index (κ1) is 17.1. The van der Waals surface area contributed by atoms with Gasteiger partial charge < -0.3 is 14.4 Å². The van der Waals surface area contributed by atoms with Gasteiger partial charge in [-0.1, -0.05) is 11.6 Å². The van der Waals surface area contributed by atoms with Crippen LogP contribution in [-0.2, 0) is 21.5 Å². The summed E-state index contributed by atoms with van der Waals surface area (Å²) < 4.78 is 12.6. The van der Waals surface area contributed by atoms with Crippen LogP contribution in [0.5, 0.6) is 0 Å². The maximum Gasteiger partial charge on any atom is 0.410 e. The van der Waals surface area contributed by atoms with Gasteiger partial charge in [-0.15, -0.1) is 11.3 Å². The molecule has 0 N–H and O–H groups in total. The molecule has 2 unspecified atom stereocenters. The zero-order chi connectivity index (χ0) is 16.8. The zero-order valence-corrected chi connectivity index (χ0v) is 15.7. The van der Waals surface area contributed by atoms with E-state index in [1.807, 2.05) is 25.7 Å². The number of carbonyl (C=O) groups excluding carboxylic acids is 1. The van der Waals surface area contributed by atoms with Crippen LogP contribution in [0.2, 0.25) is 4.34 Å². The Hall–Kier alpha value is -0.780. The van der Waals surface area contributed by atoms with Crippen molar-refractivity contribution in [1.82, 2.24) is 4.90 Å². The molecule has 0 bridgehead atoms. The molecule has 2 atom stereocenters. The van der Waals surface area contributed by atoms with Crippen LogP contribution in [0.1, 0.15) is 51.0 Å². The third-order valence-corrected chi connectivity index (χ3v) is 5.98. The molecule has 1 saturated heterocycles. The molecule has 2 aliphatic rings. The molecule has 6 heteroatoms. The van der Waals surface area contributed by atoms with E-state index in [4.69, 9.17) is 21.1 Å². The third-order valence-electron chi connectivity index (χ3n) is 4.48. The van der Waals surface area contributed by atoms with Gasteiger partial charge in [0.05, 0.1) is 10.9 Å². The highest BCUT2D eigenvalue weighted by atomic mass is 35.5. The van der Waals surface area contributed by atoms with Crippen molar-refractivity contribution in [1.29, 1.82) is 0 Å². The number of ether oxygens (including phenoxy) is 2. The Kier molecular flexibility index (Phi) is 4.40. The summed E-state index contributed by atoms with van der Waals surface area (Å²) in [5, 5.41) is 0. The molecule has 2 aliphatic heterocycles. The predicted molar refractivity (Wildman–Crippen MR) is 92.3 cm³/mol. The number of nitrogens with zero attached hydrogens (tertiary/aromatic N) is 1. The largest absolute Gasteiger partial charge is 0.444 e. The van der Waals surface area contributed by atoms with Crippen LogP contribution in [0, 0.1) is 0 Å². The Morgan fingerprint density at radius 1 is 1.52 bits per heavy atom. The normalized spacial score (nSPS) is 27.9. The Bertz CT molecular complexity index is 609. The summed E-state index contributed by atoms with van der Waals surface area (Å²) >= 11 is 7.84. The van der Waals surface area contributed by atoms with Crippen molar-refractivity contribution in [2.75, 3.05) is 13.2 Å². The highest BCUT2D eigenvalue weighted by Crippen LogP contribution is 2.48. The molecule has 23 heavy (non-hydrogen) atoms. The highest BCUT2D eigenvalue weighted by Gasteiger charge is 2.46. The van der Waals surface area contributed by atoms with Gasteiger partial charge in [-0.2, -0.15) is 0 Å². The molecule has 128 valence electrons. The fourth-order valence-corrected chi connectivity index (χ4v) is 5.01. The van der Waals surface area contributed by atoms with Gasteiger partial charge in [0, 0.05) is 23.9 Å². The first-order valence-corrected chi connectivity index (χ1v) is 9.32. The number of likely N-dealkylation sites (tertiary alicyclic amines) is 1. The van der Waals surface area contributed by atoms with Crippen molar-refractivity contribution in [3.63, 3.8) is 0 Å². The van der Waals surface area contributed by atoms with Crippen LogP contribution in [0.15, 0.2) is 6.07 Å². The summed E-state index contributed by atoms with van der Waals surface area (Å²) in [6.45, 7) is 9.11. The number of thiophene rings is 1. The average Bonchev–Trinajstić information content (AvgIpc) is 2.79. The van der Waals surface area contributed by atoms with Gasteiger partial charge >= 0.3 is 6.09 Å². The topological polar surface area (TPSA) is 38.8 Å². The molecule has 1 amide bonds. The van der Waals surface area contributed by atoms with Gasteiger partial charge in [-0.05, 0) is 52.2 Å². The van der Waals surface area contributed by atoms with E-state index in [2.05, 4.69) is 13.0 Å². The summed E-state index contributed by atoms with van der Waals surface area (Å²) in [5.74, 6) is 0. The lowest BCUT2D eigenvalue weighted by atomic mass is 9.82. The highest BCUT2D eigenvalue weighted by molar-refractivity contribution is 7.16. The molecule has 1 aromatic rings. The van der Waals surface area contributed by atoms with Crippen LogP contribution in [0.4, 0.5) is 4.79 Å². The molecule has 0 aliphatic carbocycles. The van der Waals surface area contributed by atoms with Gasteiger partial charge in [0.25, 0.3) is 0 Å². The van der Waals surface area contributed by atoms with E-state index in [0.717, 1.165) is 30.2 Å². The van der Waals surface area contributed by atoms with E-state index in [9.17, 15) is 4.79 Å². The summed E-state index contributed by atoms with van der Waals surface area (Å²) in [5.41, 5.74) is 0.551. The van der Waals surface area contributed by atoms with E-state index >= 15 is 0 Å². The smallest absolute Gasteiger partial charge is 0.410 e. The molecule has 0 aromatic carbocycles. The van der Waals surface area contributed by atoms with E-state index < -0.39 is 5.60 Å². The number of halogens is 1. The van der Waals surface area contributed by atoms with Crippen LogP contribution >= 0.6 is 22.9 Å². The molecular weight excluding hydrogens is 334 g/mol. The van der Waals surface area contributed by atoms with Gasteiger partial charge in [0.15, 0.2) is 0 Å². The molecule has 0 radical (unpaired) electrons. The molecule has 0 saturated carbocycles. The second kappa shape index (κ2) is 5.94. The fraction of sp³-hybridized carbons (Fsp3) is 0.706. The minimum atomic E-state index is -0.471. The lowest BCUT2D eigenvalue weighted by Gasteiger charge is -2.46. The van der Waals surface area contributed by atoms with Crippen molar-refractivity contribution in [3.8, 4) is 0 Å². The molecular formula is C17H24ClNO3S. The zero-order valence-electron chi connectivity index (χ0n) is 14.1. The molecule has 1 fully saturated rings. The quantitative estimate of drug-likeness (QED) is 0.681. The summed E-state index contributed by atoms with van der Waals surface area (Å²) in [6, 6.07) is 2.14. The van der Waals surface area contributed by atoms with Crippen LogP contribution in [0.3, 0.4) is 0 Å². The van der Waals surface area contributed by atoms with E-state index in [0.29, 0.717) is 6.54 Å². The summed E-state index contributed by atoms with van der Waals surface area (Å²) in [6.07, 6.45) is 2.26. The van der Waals surface area contributed by atoms with E-state index in [1.54, 1.807) is 11.3 Å². The summed E-state index contributed by atoms with van der Waals surface area (Å²) in [4.78, 5) is 15.5. The Morgan fingerprint density at radius 2 is 2.26 bits per heavy atom. The van der Waals surface area contributed by atoms with Crippen molar-refractivity contribution in [2.24, 2.45) is 0 Å². The van der Waals surface area contributed by atoms with Crippen LogP contribution in [-0.4, -0.2) is 35.8 Å². The van der Waals surface area contributed by atoms with Crippen LogP contribution < -0.4 is 0 Å². The van der Waals surface area contributed by atoms with Gasteiger partial charge in [-0.25, -0.2) is 4.79 Å². The lowest BCUT2D eigenvalue weighted by Crippen LogP contribution is -2.53. The second-order valence-electron chi connectivity index (χ2n) is 7.47. The van der Waals surface area contributed by atoms with Gasteiger partial charge in [0.1, 0.15) is 11.2 Å². The van der Waals surface area contributed by atoms with Crippen molar-refractivity contribution >= 4 is 29.0 Å². The number of hydrogen-bond donors (Lipinski definition) is 0. The monoisotopic (exact) mass is 357 g/mol. The van der Waals surface area contributed by atoms with Crippen molar-refractivity contribution < 1.29 is 14.3 Å². The molecule has 3 heterocycles. The lowest BCUT2D eigenvalue weighted by molar-refractivity contribution is -0.108. The number of amides is 1. The van der Waals surface area contributed by atoms with Gasteiger partial charge in [0.2, 0.25) is 0 Å². The van der Waals surface area contributed by atoms with Gasteiger partial charge in [-0.3, -0.25) is 0 Å². The fourth-order valence-electron chi connectivity index (χ4n) is 3.53. The van der Waals surface area contributed by atoms with E-state index in [-0.39, 0.29) is 17.7 Å². The number of piperidine rings is 1. The SMILES string of the molecule is CC1CC2(CCN1C(=O)OC(C)(C)C)OCCc1cc(Cl)sc12. The standard InChI is InChI=1S/C17H24ClNO3S/c1-11-10-17(6-7-19(11)15(20)22-16(2,3)4)14-12(5-8-21-17)9-13(18)23-14/h9,11H,5-8,10H2,1-4H3. The van der Waals surface area contributed by atoms with Crippen molar-refractivity contribution in [3.05, 3.63) is 20.8 Å². The second-order valence-corrected chi connectivity index (χ2v) is 9.16. The number of hydrogen-bond acceptors (Lipinski definition) is 4. The molecule has 3 rings (SSSR count). The summed E-state index contributed by atoms with van der Waals surface area (Å²) in [7, 11) is 0. The van der Waals surface area contributed by atoms with E-state index in [1.165, 1.54) is 10.4 Å². The average molecular weight is 358 g/mol. The number of fused-ring (bicyclic) bond motifs is 2. The first-order chi connectivity index (χ1) is 10.7. The maximum atomic E-state index is 12.4. The van der Waals surface area contributed by atoms with Crippen molar-refractivity contribution in [2.45, 2.75) is 64.2 Å². The Labute approximate surface area is 146 Å². The van der Waals surface area contributed by atoms with Crippen LogP contribution in [0.25, 0.3) is 0 Å². The maximum absolute atomic E-state index is 12.4. The molecule has 4 nitrogen and oxygen atoms in total. The Balaban J connectivity index is 1.78. The number of carbonyl (C=O) groups is 1. The molecule has 1 spiro atoms. The Morgan fingerprint density at radius 3 is 2.91 bits per heavy atom. The third kappa shape index (κ3) is 3.37. The predicted octanol–water partition coefficient (Wildman–Crippen LogP) is 4.59. The minimum absolute atomic E-state index is 0.0745. The first-order valence-electron chi connectivity index (χ1n) is 8.12. The molecule has 1 aromatic heterocycles. The minimum Gasteiger partial charge on any atom is -0.444 e.